The van der Waals surface area contributed by atoms with Gasteiger partial charge in [-0.2, -0.15) is 0 Å². The number of carbonyl (C=O) groups is 2. The zero-order chi connectivity index (χ0) is 6.85. The quantitative estimate of drug-likeness (QED) is 0.435. The highest BCUT2D eigenvalue weighted by Crippen LogP contribution is 1.82. The van der Waals surface area contributed by atoms with E-state index < -0.39 is 18.3 Å². The van der Waals surface area contributed by atoms with E-state index in [0.29, 0.717) is 0 Å². The van der Waals surface area contributed by atoms with Gasteiger partial charge in [0.1, 0.15) is 0 Å². The Kier molecular flexibility index (Phi) is 0.881. The fraction of sp³-hybridized carbons (Fsp3) is 0.500. The molecule has 3 amide bonds. The summed E-state index contributed by atoms with van der Waals surface area (Å²) in [5, 5.41) is 4.26. The van der Waals surface area contributed by atoms with E-state index >= 15 is 0 Å². The summed E-state index contributed by atoms with van der Waals surface area (Å²) in [6.45, 7) is 0.116. The molecule has 8 heavy (non-hydrogen) atoms. The van der Waals surface area contributed by atoms with E-state index in [2.05, 4.69) is 5.32 Å². The maximum absolute atomic E-state index is 10.4. The zero-order valence-corrected chi connectivity index (χ0v) is 4.10. The van der Waals surface area contributed by atoms with Crippen LogP contribution in [-0.4, -0.2) is 18.5 Å². The van der Waals surface area contributed by atoms with Gasteiger partial charge in [-0.3, -0.25) is 10.1 Å². The third kappa shape index (κ3) is 0.959. The molecule has 0 aromatic carbocycles. The van der Waals surface area contributed by atoms with Gasteiger partial charge in [0.2, 0.25) is 5.91 Å². The molecule has 0 aliphatic carbocycles. The molecule has 1 atom stereocenters. The van der Waals surface area contributed by atoms with Gasteiger partial charge in [-0.15, -0.1) is 0 Å². The van der Waals surface area contributed by atoms with Crippen LogP contribution in [0.4, 0.5) is 4.79 Å². The summed E-state index contributed by atoms with van der Waals surface area (Å²) in [7, 11) is 0. The van der Waals surface area contributed by atoms with Gasteiger partial charge in [-0.25, -0.2) is 4.79 Å². The predicted molar refractivity (Wildman–Crippen MR) is 26.2 cm³/mol. The molecule has 1 rings (SSSR count). The van der Waals surface area contributed by atoms with Gasteiger partial charge in [-0.1, -0.05) is 0 Å². The highest BCUT2D eigenvalue weighted by atomic mass is 16.2. The summed E-state index contributed by atoms with van der Waals surface area (Å²) in [5.41, 5.74) is 0. The summed E-state index contributed by atoms with van der Waals surface area (Å²) < 4.78 is 6.94. The van der Waals surface area contributed by atoms with Crippen molar-refractivity contribution < 1.29 is 11.0 Å². The first-order valence-electron chi connectivity index (χ1n) is 2.79. The number of rotatable bonds is 0. The molecule has 4 heteroatoms. The Labute approximate surface area is 47.7 Å². The van der Waals surface area contributed by atoms with Gasteiger partial charge in [0.05, 0.1) is 0 Å². The first-order valence-corrected chi connectivity index (χ1v) is 2.21. The lowest BCUT2D eigenvalue weighted by Gasteiger charge is -2.10. The zero-order valence-electron chi connectivity index (χ0n) is 5.10. The number of hydrogen-bond donors (Lipinski definition) is 2. The van der Waals surface area contributed by atoms with Crippen LogP contribution >= 0.6 is 0 Å². The van der Waals surface area contributed by atoms with Crippen molar-refractivity contribution in [2.75, 3.05) is 6.54 Å². The molecular weight excluding hydrogens is 108 g/mol. The van der Waals surface area contributed by atoms with Crippen molar-refractivity contribution in [2.24, 2.45) is 0 Å². The van der Waals surface area contributed by atoms with Crippen molar-refractivity contribution >= 4 is 11.9 Å². The molecule has 0 bridgehead atoms. The smallest absolute Gasteiger partial charge is 0.321 e. The number of imide groups is 1. The molecule has 44 valence electrons. The van der Waals surface area contributed by atoms with Gasteiger partial charge >= 0.3 is 6.03 Å². The van der Waals surface area contributed by atoms with Crippen LogP contribution in [0.25, 0.3) is 0 Å². The fourth-order valence-electron chi connectivity index (χ4n) is 0.444. The Morgan fingerprint density at radius 1 is 1.62 bits per heavy atom. The molecule has 0 radical (unpaired) electrons. The van der Waals surface area contributed by atoms with Crippen molar-refractivity contribution in [3.63, 3.8) is 0 Å². The van der Waals surface area contributed by atoms with Crippen molar-refractivity contribution in [1.29, 1.82) is 0 Å². The first-order chi connectivity index (χ1) is 4.20. The Morgan fingerprint density at radius 3 is 2.88 bits per heavy atom. The molecule has 0 saturated carbocycles. The van der Waals surface area contributed by atoms with Crippen LogP contribution in [0.15, 0.2) is 0 Å². The average Bonchev–Trinajstić information content (AvgIpc) is 1.80. The Morgan fingerprint density at radius 2 is 2.38 bits per heavy atom. The lowest BCUT2D eigenvalue weighted by atomic mass is 10.3. The Bertz CT molecular complexity index is 159. The second kappa shape index (κ2) is 1.81. The van der Waals surface area contributed by atoms with Crippen molar-refractivity contribution in [1.82, 2.24) is 10.6 Å². The monoisotopic (exact) mass is 115 g/mol. The van der Waals surface area contributed by atoms with Crippen LogP contribution in [0.3, 0.4) is 0 Å². The van der Waals surface area contributed by atoms with Crippen LogP contribution in [0.1, 0.15) is 7.77 Å². The van der Waals surface area contributed by atoms with Crippen LogP contribution in [0, 0.1) is 0 Å². The average molecular weight is 115 g/mol. The summed E-state index contributed by atoms with van der Waals surface area (Å²) in [4.78, 5) is 20.7. The molecule has 1 heterocycles. The van der Waals surface area contributed by atoms with Gasteiger partial charge in [0, 0.05) is 14.3 Å². The lowest BCUT2D eigenvalue weighted by Crippen LogP contribution is -2.46. The minimum absolute atomic E-state index is 0.116. The minimum Gasteiger partial charge on any atom is -0.337 e. The molecule has 1 unspecified atom stereocenters. The maximum Gasteiger partial charge on any atom is 0.321 e. The molecule has 4 nitrogen and oxygen atoms in total. The number of amides is 3. The predicted octanol–water partition coefficient (Wildman–Crippen LogP) is -0.784. The van der Waals surface area contributed by atoms with Gasteiger partial charge < -0.3 is 5.32 Å². The number of urea groups is 1. The van der Waals surface area contributed by atoms with Crippen LogP contribution in [0.5, 0.6) is 0 Å². The Balaban J connectivity index is 2.54. The summed E-state index contributed by atoms with van der Waals surface area (Å²) in [5.74, 6) is -0.529. The molecule has 1 saturated heterocycles. The molecule has 0 aromatic rings. The molecule has 1 aliphatic rings. The second-order valence-electron chi connectivity index (χ2n) is 1.40. The molecular formula is C4H6N2O2. The van der Waals surface area contributed by atoms with E-state index in [4.69, 9.17) is 1.37 Å². The van der Waals surface area contributed by atoms with E-state index in [9.17, 15) is 9.59 Å². The van der Waals surface area contributed by atoms with E-state index in [1.807, 2.05) is 5.32 Å². The SMILES string of the molecule is [2H]C1CNC(=O)NC1=O. The van der Waals surface area contributed by atoms with E-state index in [-0.39, 0.29) is 6.54 Å². The fourth-order valence-corrected chi connectivity index (χ4v) is 0.444. The normalized spacial score (nSPS) is 30.5. The van der Waals surface area contributed by atoms with E-state index in [1.165, 1.54) is 0 Å². The van der Waals surface area contributed by atoms with Gasteiger partial charge in [-0.05, 0) is 0 Å². The standard InChI is InChI=1S/C4H6N2O2/c7-3-1-2-5-4(8)6-3/h1-2H2,(H2,5,6,7,8)/i1D. The number of hydrogen-bond acceptors (Lipinski definition) is 2. The van der Waals surface area contributed by atoms with E-state index in [0.717, 1.165) is 0 Å². The maximum atomic E-state index is 10.4. The van der Waals surface area contributed by atoms with Crippen LogP contribution < -0.4 is 10.6 Å². The van der Waals surface area contributed by atoms with Crippen molar-refractivity contribution in [2.45, 2.75) is 6.40 Å². The van der Waals surface area contributed by atoms with Crippen LogP contribution in [-0.2, 0) is 4.79 Å². The largest absolute Gasteiger partial charge is 0.337 e. The van der Waals surface area contributed by atoms with Crippen molar-refractivity contribution in [3.8, 4) is 0 Å². The second-order valence-corrected chi connectivity index (χ2v) is 1.40. The van der Waals surface area contributed by atoms with Crippen LogP contribution in [0.2, 0.25) is 0 Å². The highest BCUT2D eigenvalue weighted by molar-refractivity contribution is 5.96. The summed E-state index contributed by atoms with van der Waals surface area (Å²) in [6.07, 6.45) is -0.845. The Hall–Kier alpha value is -1.06. The number of nitrogens with one attached hydrogen (secondary N) is 2. The van der Waals surface area contributed by atoms with Crippen molar-refractivity contribution in [3.05, 3.63) is 0 Å². The molecule has 1 fully saturated rings. The molecule has 0 aromatic heterocycles. The highest BCUT2D eigenvalue weighted by Gasteiger charge is 2.11. The topological polar surface area (TPSA) is 58.2 Å². The van der Waals surface area contributed by atoms with E-state index in [1.54, 1.807) is 0 Å². The third-order valence-electron chi connectivity index (χ3n) is 0.787. The third-order valence-corrected chi connectivity index (χ3v) is 0.787. The van der Waals surface area contributed by atoms with Gasteiger partial charge in [0.25, 0.3) is 0 Å². The molecule has 2 N–H and O–H groups in total. The first kappa shape index (κ1) is 3.88. The summed E-state index contributed by atoms with van der Waals surface area (Å²) in [6, 6.07) is -0.511. The minimum atomic E-state index is -0.845. The number of carbonyl (C=O) groups excluding carboxylic acids is 2. The summed E-state index contributed by atoms with van der Waals surface area (Å²) >= 11 is 0. The lowest BCUT2D eigenvalue weighted by molar-refractivity contribution is -0.120. The molecule has 1 aliphatic heterocycles. The van der Waals surface area contributed by atoms with Gasteiger partial charge in [0.15, 0.2) is 0 Å². The molecule has 0 spiro atoms.